The molecule has 5 atom stereocenters. The van der Waals surface area contributed by atoms with E-state index in [0.717, 1.165) is 38.5 Å². The van der Waals surface area contributed by atoms with Crippen LogP contribution in [0.5, 0.6) is 0 Å². The number of esters is 2. The van der Waals surface area contributed by atoms with Crippen LogP contribution in [0.4, 0.5) is 0 Å². The fourth-order valence-corrected chi connectivity index (χ4v) is 5.52. The zero-order valence-electron chi connectivity index (χ0n) is 26.9. The van der Waals surface area contributed by atoms with Crippen LogP contribution < -0.4 is 0 Å². The van der Waals surface area contributed by atoms with Gasteiger partial charge in [-0.15, -0.1) is 0 Å². The van der Waals surface area contributed by atoms with E-state index in [0.29, 0.717) is 6.42 Å². The number of ether oxygens (including phenoxy) is 3. The molecule has 0 saturated carbocycles. The van der Waals surface area contributed by atoms with Crippen molar-refractivity contribution in [2.24, 2.45) is 0 Å². The van der Waals surface area contributed by atoms with Crippen LogP contribution in [-0.2, 0) is 23.8 Å². The van der Waals surface area contributed by atoms with Gasteiger partial charge in [0.05, 0.1) is 0 Å². The molecule has 0 radical (unpaired) electrons. The standard InChI is InChI=1S/C34H64O8/c1-3-5-7-9-11-13-15-17-19-21-23-25-29(35)40-27-28-33(31(37)32(38)34(39)41-28)42-30(36)26-24-22-20-18-16-14-12-10-8-6-4-2/h28,31-34,37-39H,3-27H2,1-2H3/t28-,31-,32-,33-,34-/m1/s1. The molecule has 0 aromatic heterocycles. The molecular formula is C34H64O8. The number of carbonyl (C=O) groups is 2. The van der Waals surface area contributed by atoms with Gasteiger partial charge >= 0.3 is 11.9 Å². The van der Waals surface area contributed by atoms with Crippen molar-refractivity contribution in [1.29, 1.82) is 0 Å². The summed E-state index contributed by atoms with van der Waals surface area (Å²) in [6.07, 6.45) is 19.4. The quantitative estimate of drug-likeness (QED) is 0.0664. The molecule has 1 saturated heterocycles. The average molecular weight is 601 g/mol. The largest absolute Gasteiger partial charge is 0.463 e. The summed E-state index contributed by atoms with van der Waals surface area (Å²) >= 11 is 0. The van der Waals surface area contributed by atoms with Gasteiger partial charge in [0.2, 0.25) is 0 Å². The number of hydrogen-bond acceptors (Lipinski definition) is 8. The molecule has 0 aromatic rings. The highest BCUT2D eigenvalue weighted by atomic mass is 16.7. The van der Waals surface area contributed by atoms with Crippen LogP contribution in [0.15, 0.2) is 0 Å². The number of hydrogen-bond donors (Lipinski definition) is 3. The molecule has 248 valence electrons. The summed E-state index contributed by atoms with van der Waals surface area (Å²) < 4.78 is 16.1. The first-order valence-corrected chi connectivity index (χ1v) is 17.4. The summed E-state index contributed by atoms with van der Waals surface area (Å²) in [7, 11) is 0. The lowest BCUT2D eigenvalue weighted by atomic mass is 9.99. The summed E-state index contributed by atoms with van der Waals surface area (Å²) in [5, 5.41) is 30.5. The van der Waals surface area contributed by atoms with E-state index < -0.39 is 42.6 Å². The molecule has 0 aromatic carbocycles. The molecule has 0 aliphatic carbocycles. The molecule has 1 heterocycles. The molecule has 1 rings (SSSR count). The number of aliphatic hydroxyl groups is 3. The second-order valence-corrected chi connectivity index (χ2v) is 12.3. The average Bonchev–Trinajstić information content (AvgIpc) is 2.98. The molecule has 3 N–H and O–H groups in total. The molecule has 1 fully saturated rings. The Morgan fingerprint density at radius 3 is 1.36 bits per heavy atom. The van der Waals surface area contributed by atoms with Crippen LogP contribution in [0.25, 0.3) is 0 Å². The predicted molar refractivity (Wildman–Crippen MR) is 166 cm³/mol. The van der Waals surface area contributed by atoms with Gasteiger partial charge in [-0.05, 0) is 12.8 Å². The maximum Gasteiger partial charge on any atom is 0.306 e. The Morgan fingerprint density at radius 2 is 0.929 bits per heavy atom. The minimum absolute atomic E-state index is 0.199. The van der Waals surface area contributed by atoms with Gasteiger partial charge in [0.15, 0.2) is 12.4 Å². The smallest absolute Gasteiger partial charge is 0.306 e. The molecular weight excluding hydrogens is 536 g/mol. The topological polar surface area (TPSA) is 123 Å². The Kier molecular flexibility index (Phi) is 24.2. The molecule has 0 amide bonds. The summed E-state index contributed by atoms with van der Waals surface area (Å²) in [5.74, 6) is -0.893. The predicted octanol–water partition coefficient (Wildman–Crippen LogP) is 7.28. The summed E-state index contributed by atoms with van der Waals surface area (Å²) in [5.41, 5.74) is 0. The van der Waals surface area contributed by atoms with Gasteiger partial charge in [-0.3, -0.25) is 9.59 Å². The van der Waals surface area contributed by atoms with E-state index in [4.69, 9.17) is 14.2 Å². The number of unbranched alkanes of at least 4 members (excludes halogenated alkanes) is 20. The van der Waals surface area contributed by atoms with Gasteiger partial charge in [-0.1, -0.05) is 142 Å². The third kappa shape index (κ3) is 19.1. The summed E-state index contributed by atoms with van der Waals surface area (Å²) in [6.45, 7) is 4.19. The lowest BCUT2D eigenvalue weighted by Crippen LogP contribution is -2.60. The Hall–Kier alpha value is -1.22. The van der Waals surface area contributed by atoms with Gasteiger partial charge in [0.1, 0.15) is 24.9 Å². The van der Waals surface area contributed by atoms with Gasteiger partial charge in [0, 0.05) is 12.8 Å². The fourth-order valence-electron chi connectivity index (χ4n) is 5.52. The SMILES string of the molecule is CCCCCCCCCCCCCC(=O)OC[C@H]1O[C@@H](O)[C@H](O)[C@@H](O)[C@@H]1OC(=O)CCCCCCCCCCCCC. The second kappa shape index (κ2) is 26.2. The highest BCUT2D eigenvalue weighted by Gasteiger charge is 2.46. The van der Waals surface area contributed by atoms with Crippen LogP contribution >= 0.6 is 0 Å². The second-order valence-electron chi connectivity index (χ2n) is 12.3. The highest BCUT2D eigenvalue weighted by molar-refractivity contribution is 5.70. The highest BCUT2D eigenvalue weighted by Crippen LogP contribution is 2.24. The van der Waals surface area contributed by atoms with E-state index in [-0.39, 0.29) is 19.4 Å². The van der Waals surface area contributed by atoms with Gasteiger partial charge in [0.25, 0.3) is 0 Å². The van der Waals surface area contributed by atoms with Crippen molar-refractivity contribution in [1.82, 2.24) is 0 Å². The normalized spacial score (nSPS) is 22.3. The van der Waals surface area contributed by atoms with Gasteiger partial charge in [-0.2, -0.15) is 0 Å². The molecule has 0 bridgehead atoms. The third-order valence-corrected chi connectivity index (χ3v) is 8.30. The molecule has 0 spiro atoms. The van der Waals surface area contributed by atoms with E-state index in [2.05, 4.69) is 13.8 Å². The Morgan fingerprint density at radius 1 is 0.548 bits per heavy atom. The van der Waals surface area contributed by atoms with E-state index in [1.165, 1.54) is 96.3 Å². The van der Waals surface area contributed by atoms with Crippen LogP contribution in [0.1, 0.15) is 168 Å². The van der Waals surface area contributed by atoms with Crippen molar-refractivity contribution >= 4 is 11.9 Å². The zero-order chi connectivity index (χ0) is 30.8. The first-order chi connectivity index (χ1) is 20.4. The Labute approximate surface area is 256 Å². The number of carbonyl (C=O) groups excluding carboxylic acids is 2. The van der Waals surface area contributed by atoms with Crippen LogP contribution in [0.3, 0.4) is 0 Å². The van der Waals surface area contributed by atoms with E-state index in [9.17, 15) is 24.9 Å². The van der Waals surface area contributed by atoms with Crippen LogP contribution in [0.2, 0.25) is 0 Å². The van der Waals surface area contributed by atoms with Crippen molar-refractivity contribution in [3.63, 3.8) is 0 Å². The zero-order valence-corrected chi connectivity index (χ0v) is 26.9. The van der Waals surface area contributed by atoms with Crippen LogP contribution in [0, 0.1) is 0 Å². The Balaban J connectivity index is 2.23. The monoisotopic (exact) mass is 600 g/mol. The van der Waals surface area contributed by atoms with Crippen molar-refractivity contribution in [2.45, 2.75) is 199 Å². The molecule has 8 nitrogen and oxygen atoms in total. The maximum absolute atomic E-state index is 12.5. The first kappa shape index (κ1) is 38.8. The Bertz CT molecular complexity index is 657. The van der Waals surface area contributed by atoms with Crippen molar-refractivity contribution in [3.05, 3.63) is 0 Å². The minimum atomic E-state index is -1.66. The van der Waals surface area contributed by atoms with E-state index in [1.54, 1.807) is 0 Å². The van der Waals surface area contributed by atoms with Gasteiger partial charge < -0.3 is 29.5 Å². The van der Waals surface area contributed by atoms with Crippen molar-refractivity contribution in [3.8, 4) is 0 Å². The molecule has 1 aliphatic rings. The summed E-state index contributed by atoms with van der Waals surface area (Å²) in [4.78, 5) is 24.7. The fraction of sp³-hybridized carbons (Fsp3) is 0.941. The van der Waals surface area contributed by atoms with E-state index >= 15 is 0 Å². The van der Waals surface area contributed by atoms with Crippen molar-refractivity contribution < 1.29 is 39.1 Å². The number of aliphatic hydroxyl groups excluding tert-OH is 3. The minimum Gasteiger partial charge on any atom is -0.463 e. The van der Waals surface area contributed by atoms with Gasteiger partial charge in [-0.25, -0.2) is 0 Å². The lowest BCUT2D eigenvalue weighted by molar-refractivity contribution is -0.290. The first-order valence-electron chi connectivity index (χ1n) is 17.4. The lowest BCUT2D eigenvalue weighted by Gasteiger charge is -2.39. The molecule has 42 heavy (non-hydrogen) atoms. The maximum atomic E-state index is 12.5. The molecule has 1 aliphatic heterocycles. The van der Waals surface area contributed by atoms with Crippen LogP contribution in [-0.4, -0.2) is 64.6 Å². The van der Waals surface area contributed by atoms with Crippen molar-refractivity contribution in [2.75, 3.05) is 6.61 Å². The number of rotatable bonds is 27. The summed E-state index contributed by atoms with van der Waals surface area (Å²) in [6, 6.07) is 0. The van der Waals surface area contributed by atoms with E-state index in [1.807, 2.05) is 0 Å². The third-order valence-electron chi connectivity index (χ3n) is 8.30. The molecule has 0 unspecified atom stereocenters. The molecule has 8 heteroatoms.